The molecule has 0 aromatic rings. The van der Waals surface area contributed by atoms with Crippen molar-refractivity contribution in [2.24, 2.45) is 0 Å². The van der Waals surface area contributed by atoms with Crippen LogP contribution >= 0.6 is 0 Å². The topological polar surface area (TPSA) is 29.5 Å². The zero-order valence-corrected chi connectivity index (χ0v) is 10.0. The Kier molecular flexibility index (Phi) is 13.6. The molecule has 3 nitrogen and oxygen atoms in total. The van der Waals surface area contributed by atoms with E-state index in [1.165, 1.54) is 6.08 Å². The Morgan fingerprint density at radius 3 is 2.14 bits per heavy atom. The van der Waals surface area contributed by atoms with Crippen molar-refractivity contribution in [3.8, 4) is 0 Å². The first-order valence-electron chi connectivity index (χ1n) is 4.98. The normalized spacial score (nSPS) is 9.86. The smallest absolute Gasteiger partial charge is 0.330 e. The Hall–Kier alpha value is -0.830. The third kappa shape index (κ3) is 22.5. The number of carbonyl (C=O) groups excluding carboxylic acids is 1. The minimum atomic E-state index is -0.240. The molecule has 0 spiro atoms. The van der Waals surface area contributed by atoms with Crippen LogP contribution in [0.5, 0.6) is 0 Å². The summed E-state index contributed by atoms with van der Waals surface area (Å²) in [7, 11) is 6.00. The van der Waals surface area contributed by atoms with Crippen LogP contribution in [0.15, 0.2) is 12.2 Å². The zero-order chi connectivity index (χ0) is 11.4. The summed E-state index contributed by atoms with van der Waals surface area (Å²) in [5.74, 6) is -0.240. The van der Waals surface area contributed by atoms with Crippen molar-refractivity contribution in [3.63, 3.8) is 0 Å². The van der Waals surface area contributed by atoms with Crippen LogP contribution in [0.1, 0.15) is 26.7 Å². The van der Waals surface area contributed by atoms with Crippen molar-refractivity contribution >= 4 is 5.97 Å². The summed E-state index contributed by atoms with van der Waals surface area (Å²) in [4.78, 5) is 12.6. The van der Waals surface area contributed by atoms with Crippen LogP contribution in [-0.4, -0.2) is 38.6 Å². The van der Waals surface area contributed by atoms with Crippen molar-refractivity contribution in [2.45, 2.75) is 26.7 Å². The standard InChI is InChI=1S/C8H14O2.C3H9N/c1-3-5-6-7-8(9)10-4-2;1-4(2)3/h6-7H,3-5H2,1-2H3;1-3H3. The Bertz CT molecular complexity index is 151. The van der Waals surface area contributed by atoms with Gasteiger partial charge in [-0.1, -0.05) is 19.4 Å². The summed E-state index contributed by atoms with van der Waals surface area (Å²) in [6.07, 6.45) is 5.32. The van der Waals surface area contributed by atoms with E-state index in [9.17, 15) is 4.79 Å². The van der Waals surface area contributed by atoms with Crippen molar-refractivity contribution in [2.75, 3.05) is 27.7 Å². The second-order valence-electron chi connectivity index (χ2n) is 3.28. The van der Waals surface area contributed by atoms with Gasteiger partial charge in [0.05, 0.1) is 6.61 Å². The number of unbranched alkanes of at least 4 members (excludes halogenated alkanes) is 1. The summed E-state index contributed by atoms with van der Waals surface area (Å²) in [6, 6.07) is 0. The Balaban J connectivity index is 0. The number of hydrogen-bond acceptors (Lipinski definition) is 3. The summed E-state index contributed by atoms with van der Waals surface area (Å²) >= 11 is 0. The number of esters is 1. The first-order valence-corrected chi connectivity index (χ1v) is 4.98. The fourth-order valence-corrected chi connectivity index (χ4v) is 0.537. The van der Waals surface area contributed by atoms with Crippen LogP contribution in [0.4, 0.5) is 0 Å². The van der Waals surface area contributed by atoms with Gasteiger partial charge >= 0.3 is 5.97 Å². The van der Waals surface area contributed by atoms with Crippen LogP contribution in [0, 0.1) is 0 Å². The predicted octanol–water partition coefficient (Wildman–Crippen LogP) is 2.08. The van der Waals surface area contributed by atoms with E-state index in [4.69, 9.17) is 0 Å². The molecule has 0 heterocycles. The molecule has 0 amide bonds. The molecule has 0 saturated carbocycles. The molecule has 0 rings (SSSR count). The molecule has 0 aliphatic carbocycles. The highest BCUT2D eigenvalue weighted by molar-refractivity contribution is 5.81. The SMILES string of the molecule is CCCC=CC(=O)OCC.CN(C)C. The zero-order valence-electron chi connectivity index (χ0n) is 10.0. The van der Waals surface area contributed by atoms with E-state index < -0.39 is 0 Å². The van der Waals surface area contributed by atoms with E-state index in [2.05, 4.69) is 11.7 Å². The molecule has 0 unspecified atom stereocenters. The van der Waals surface area contributed by atoms with Crippen LogP contribution in [-0.2, 0) is 9.53 Å². The Morgan fingerprint density at radius 2 is 1.79 bits per heavy atom. The third-order valence-corrected chi connectivity index (χ3v) is 0.996. The molecule has 0 bridgehead atoms. The van der Waals surface area contributed by atoms with Gasteiger partial charge in [-0.25, -0.2) is 4.79 Å². The maximum Gasteiger partial charge on any atom is 0.330 e. The summed E-state index contributed by atoms with van der Waals surface area (Å²) in [5.41, 5.74) is 0. The van der Waals surface area contributed by atoms with Gasteiger partial charge in [0.2, 0.25) is 0 Å². The largest absolute Gasteiger partial charge is 0.463 e. The summed E-state index contributed by atoms with van der Waals surface area (Å²) in [6.45, 7) is 4.32. The fourth-order valence-electron chi connectivity index (χ4n) is 0.537. The molecular formula is C11H23NO2. The lowest BCUT2D eigenvalue weighted by Crippen LogP contribution is -1.99. The molecule has 14 heavy (non-hydrogen) atoms. The molecule has 84 valence electrons. The molecule has 0 aromatic carbocycles. The van der Waals surface area contributed by atoms with E-state index in [0.717, 1.165) is 12.8 Å². The number of rotatable bonds is 4. The first kappa shape index (κ1) is 15.6. The lowest BCUT2D eigenvalue weighted by Gasteiger charge is -1.93. The number of allylic oxidation sites excluding steroid dienone is 1. The van der Waals surface area contributed by atoms with Gasteiger partial charge in [-0.05, 0) is 34.5 Å². The maximum atomic E-state index is 10.6. The number of nitrogens with zero attached hydrogens (tertiary/aromatic N) is 1. The molecule has 0 aromatic heterocycles. The van der Waals surface area contributed by atoms with Crippen molar-refractivity contribution < 1.29 is 9.53 Å². The van der Waals surface area contributed by atoms with Gasteiger partial charge in [-0.15, -0.1) is 0 Å². The van der Waals surface area contributed by atoms with Crippen LogP contribution < -0.4 is 0 Å². The molecule has 0 atom stereocenters. The second-order valence-corrected chi connectivity index (χ2v) is 3.28. The van der Waals surface area contributed by atoms with E-state index in [1.807, 2.05) is 32.1 Å². The lowest BCUT2D eigenvalue weighted by atomic mass is 10.3. The average Bonchev–Trinajstić information content (AvgIpc) is 2.04. The van der Waals surface area contributed by atoms with E-state index in [-0.39, 0.29) is 5.97 Å². The first-order chi connectivity index (χ1) is 6.54. The molecule has 0 saturated heterocycles. The van der Waals surface area contributed by atoms with Gasteiger partial charge in [0.15, 0.2) is 0 Å². The Morgan fingerprint density at radius 1 is 1.29 bits per heavy atom. The van der Waals surface area contributed by atoms with Crippen molar-refractivity contribution in [1.82, 2.24) is 4.90 Å². The summed E-state index contributed by atoms with van der Waals surface area (Å²) in [5, 5.41) is 0. The highest BCUT2D eigenvalue weighted by Crippen LogP contribution is 1.89. The van der Waals surface area contributed by atoms with Gasteiger partial charge in [0, 0.05) is 6.08 Å². The van der Waals surface area contributed by atoms with E-state index in [1.54, 1.807) is 6.92 Å². The van der Waals surface area contributed by atoms with E-state index in [0.29, 0.717) is 6.61 Å². The Labute approximate surface area is 87.7 Å². The van der Waals surface area contributed by atoms with E-state index >= 15 is 0 Å². The summed E-state index contributed by atoms with van der Waals surface area (Å²) < 4.78 is 4.66. The monoisotopic (exact) mass is 201 g/mol. The molecular weight excluding hydrogens is 178 g/mol. The average molecular weight is 201 g/mol. The molecule has 0 fully saturated rings. The highest BCUT2D eigenvalue weighted by Gasteiger charge is 1.90. The van der Waals surface area contributed by atoms with Gasteiger partial charge in [0.25, 0.3) is 0 Å². The quantitative estimate of drug-likeness (QED) is 0.515. The number of ether oxygens (including phenoxy) is 1. The maximum absolute atomic E-state index is 10.6. The molecule has 0 N–H and O–H groups in total. The fraction of sp³-hybridized carbons (Fsp3) is 0.727. The van der Waals surface area contributed by atoms with Crippen molar-refractivity contribution in [1.29, 1.82) is 0 Å². The van der Waals surface area contributed by atoms with Crippen LogP contribution in [0.2, 0.25) is 0 Å². The number of carbonyl (C=O) groups is 1. The van der Waals surface area contributed by atoms with Crippen LogP contribution in [0.25, 0.3) is 0 Å². The minimum absolute atomic E-state index is 0.240. The molecule has 0 aliphatic heterocycles. The van der Waals surface area contributed by atoms with Crippen molar-refractivity contribution in [3.05, 3.63) is 12.2 Å². The minimum Gasteiger partial charge on any atom is -0.463 e. The molecule has 0 aliphatic rings. The number of hydrogen-bond donors (Lipinski definition) is 0. The highest BCUT2D eigenvalue weighted by atomic mass is 16.5. The molecule has 0 radical (unpaired) electrons. The van der Waals surface area contributed by atoms with Gasteiger partial charge in [0.1, 0.15) is 0 Å². The van der Waals surface area contributed by atoms with Gasteiger partial charge in [-0.3, -0.25) is 0 Å². The third-order valence-electron chi connectivity index (χ3n) is 0.996. The lowest BCUT2D eigenvalue weighted by molar-refractivity contribution is -0.137. The molecule has 3 heteroatoms. The second kappa shape index (κ2) is 12.2. The predicted molar refractivity (Wildman–Crippen MR) is 60.3 cm³/mol. The van der Waals surface area contributed by atoms with Crippen LogP contribution in [0.3, 0.4) is 0 Å². The van der Waals surface area contributed by atoms with Gasteiger partial charge < -0.3 is 9.64 Å². The van der Waals surface area contributed by atoms with Gasteiger partial charge in [-0.2, -0.15) is 0 Å².